The van der Waals surface area contributed by atoms with Crippen LogP contribution in [-0.4, -0.2) is 29.3 Å². The van der Waals surface area contributed by atoms with E-state index >= 15 is 0 Å². The lowest BCUT2D eigenvalue weighted by Gasteiger charge is -2.14. The molecule has 0 radical (unpaired) electrons. The molecule has 2 atom stereocenters. The molecule has 3 aromatic rings. The third-order valence-electron chi connectivity index (χ3n) is 4.54. The Bertz CT molecular complexity index is 986. The zero-order valence-corrected chi connectivity index (χ0v) is 14.5. The highest BCUT2D eigenvalue weighted by molar-refractivity contribution is 6.06. The van der Waals surface area contributed by atoms with Gasteiger partial charge in [0.15, 0.2) is 12.3 Å². The summed E-state index contributed by atoms with van der Waals surface area (Å²) in [7, 11) is 0. The van der Waals surface area contributed by atoms with E-state index in [9.17, 15) is 9.18 Å². The van der Waals surface area contributed by atoms with Gasteiger partial charge in [-0.15, -0.1) is 0 Å². The van der Waals surface area contributed by atoms with Crippen molar-refractivity contribution in [1.29, 1.82) is 0 Å². The smallest absolute Gasteiger partial charge is 0.270 e. The van der Waals surface area contributed by atoms with Gasteiger partial charge in [-0.25, -0.2) is 4.39 Å². The van der Waals surface area contributed by atoms with Crippen LogP contribution in [0.4, 0.5) is 4.39 Å². The van der Waals surface area contributed by atoms with E-state index in [4.69, 9.17) is 4.84 Å². The lowest BCUT2D eigenvalue weighted by atomic mass is 10.0. The van der Waals surface area contributed by atoms with Crippen LogP contribution in [0.5, 0.6) is 0 Å². The summed E-state index contributed by atoms with van der Waals surface area (Å²) in [6, 6.07) is 18.3. The van der Waals surface area contributed by atoms with Crippen molar-refractivity contribution < 1.29 is 14.0 Å². The van der Waals surface area contributed by atoms with E-state index in [0.29, 0.717) is 23.4 Å². The molecule has 6 heteroatoms. The molecule has 0 aliphatic carbocycles. The molecule has 0 spiro atoms. The van der Waals surface area contributed by atoms with Gasteiger partial charge in [-0.2, -0.15) is 0 Å². The van der Waals surface area contributed by atoms with Crippen molar-refractivity contribution in [1.82, 2.24) is 10.3 Å². The number of pyridine rings is 1. The van der Waals surface area contributed by atoms with Crippen molar-refractivity contribution in [2.75, 3.05) is 6.54 Å². The summed E-state index contributed by atoms with van der Waals surface area (Å²) in [6.45, 7) is 0.196. The zero-order valence-electron chi connectivity index (χ0n) is 14.5. The number of benzene rings is 2. The first-order chi connectivity index (χ1) is 13.2. The van der Waals surface area contributed by atoms with Crippen LogP contribution in [0.3, 0.4) is 0 Å². The summed E-state index contributed by atoms with van der Waals surface area (Å²) < 4.78 is 14.6. The summed E-state index contributed by atoms with van der Waals surface area (Å²) >= 11 is 0. The Labute approximate surface area is 155 Å². The lowest BCUT2D eigenvalue weighted by Crippen LogP contribution is -2.30. The van der Waals surface area contributed by atoms with Gasteiger partial charge in [-0.1, -0.05) is 59.8 Å². The first-order valence-corrected chi connectivity index (χ1v) is 8.75. The van der Waals surface area contributed by atoms with Gasteiger partial charge in [0.2, 0.25) is 0 Å². The van der Waals surface area contributed by atoms with Crippen molar-refractivity contribution in [3.05, 3.63) is 78.1 Å². The molecule has 0 saturated carbocycles. The molecular formula is C21H18FN3O2. The third-order valence-corrected chi connectivity index (χ3v) is 4.54. The average Bonchev–Trinajstić information content (AvgIpc) is 3.20. The van der Waals surface area contributed by atoms with Crippen molar-refractivity contribution in [3.63, 3.8) is 0 Å². The lowest BCUT2D eigenvalue weighted by molar-refractivity contribution is 0.0224. The highest BCUT2D eigenvalue weighted by Gasteiger charge is 2.31. The number of carbonyl (C=O) groups is 1. The second-order valence-electron chi connectivity index (χ2n) is 6.38. The van der Waals surface area contributed by atoms with E-state index in [1.807, 2.05) is 36.4 Å². The fourth-order valence-corrected chi connectivity index (χ4v) is 3.13. The number of carbonyl (C=O) groups excluding carboxylic acids is 1. The van der Waals surface area contributed by atoms with E-state index in [1.54, 1.807) is 30.5 Å². The topological polar surface area (TPSA) is 63.6 Å². The van der Waals surface area contributed by atoms with Gasteiger partial charge in [0.05, 0.1) is 12.3 Å². The van der Waals surface area contributed by atoms with Gasteiger partial charge in [0, 0.05) is 18.0 Å². The van der Waals surface area contributed by atoms with Crippen LogP contribution in [0.15, 0.2) is 72.0 Å². The molecule has 136 valence electrons. The SMILES string of the molecule is O=C(NCC1=NOC(C(F)c2ccccc2)C1)c1nccc2ccccc12. The van der Waals surface area contributed by atoms with Gasteiger partial charge >= 0.3 is 0 Å². The van der Waals surface area contributed by atoms with Gasteiger partial charge in [-0.3, -0.25) is 9.78 Å². The van der Waals surface area contributed by atoms with Crippen LogP contribution in [0.1, 0.15) is 28.6 Å². The number of alkyl halides is 1. The summed E-state index contributed by atoms with van der Waals surface area (Å²) in [6.07, 6.45) is 0.00828. The van der Waals surface area contributed by atoms with E-state index < -0.39 is 12.3 Å². The number of nitrogens with one attached hydrogen (secondary N) is 1. The predicted molar refractivity (Wildman–Crippen MR) is 101 cm³/mol. The predicted octanol–water partition coefficient (Wildman–Crippen LogP) is 3.82. The summed E-state index contributed by atoms with van der Waals surface area (Å²) in [5.41, 5.74) is 1.52. The highest BCUT2D eigenvalue weighted by Crippen LogP contribution is 2.29. The van der Waals surface area contributed by atoms with E-state index in [2.05, 4.69) is 15.5 Å². The minimum atomic E-state index is -1.26. The molecule has 27 heavy (non-hydrogen) atoms. The maximum atomic E-state index is 14.6. The van der Waals surface area contributed by atoms with Crippen LogP contribution in [0, 0.1) is 0 Å². The monoisotopic (exact) mass is 363 g/mol. The summed E-state index contributed by atoms with van der Waals surface area (Å²) in [4.78, 5) is 21.9. The normalized spacial score (nSPS) is 17.2. The third kappa shape index (κ3) is 3.65. The number of fused-ring (bicyclic) bond motifs is 1. The van der Waals surface area contributed by atoms with Gasteiger partial charge in [0.25, 0.3) is 5.91 Å². The Morgan fingerprint density at radius 3 is 2.78 bits per heavy atom. The number of hydrogen-bond donors (Lipinski definition) is 1. The molecule has 1 aliphatic rings. The maximum absolute atomic E-state index is 14.6. The number of halogens is 1. The number of rotatable bonds is 5. The number of nitrogens with zero attached hydrogens (tertiary/aromatic N) is 2. The number of aromatic nitrogens is 1. The fraction of sp³-hybridized carbons (Fsp3) is 0.190. The van der Waals surface area contributed by atoms with E-state index in [0.717, 1.165) is 10.8 Å². The molecule has 1 N–H and O–H groups in total. The van der Waals surface area contributed by atoms with Crippen molar-refractivity contribution in [2.45, 2.75) is 18.7 Å². The van der Waals surface area contributed by atoms with Crippen LogP contribution in [0.2, 0.25) is 0 Å². The quantitative estimate of drug-likeness (QED) is 0.749. The Morgan fingerprint density at radius 2 is 1.93 bits per heavy atom. The molecule has 5 nitrogen and oxygen atoms in total. The van der Waals surface area contributed by atoms with E-state index in [1.165, 1.54) is 0 Å². The minimum absolute atomic E-state index is 0.196. The molecule has 2 heterocycles. The first-order valence-electron chi connectivity index (χ1n) is 8.75. The molecule has 1 aromatic heterocycles. The molecule has 2 unspecified atom stereocenters. The Morgan fingerprint density at radius 1 is 1.15 bits per heavy atom. The number of oxime groups is 1. The second kappa shape index (κ2) is 7.53. The van der Waals surface area contributed by atoms with Crippen LogP contribution in [-0.2, 0) is 4.84 Å². The zero-order chi connectivity index (χ0) is 18.6. The van der Waals surface area contributed by atoms with Gasteiger partial charge in [-0.05, 0) is 17.0 Å². The molecule has 4 rings (SSSR count). The Balaban J connectivity index is 1.37. The molecule has 2 aromatic carbocycles. The standard InChI is InChI=1S/C21H18FN3O2/c22-19(15-7-2-1-3-8-15)18-12-16(25-27-18)13-24-21(26)20-17-9-5-4-6-14(17)10-11-23-20/h1-11,18-19H,12-13H2,(H,24,26). The molecule has 1 aliphatic heterocycles. The number of hydrogen-bond acceptors (Lipinski definition) is 4. The van der Waals surface area contributed by atoms with Crippen LogP contribution < -0.4 is 5.32 Å². The fourth-order valence-electron chi connectivity index (χ4n) is 3.13. The highest BCUT2D eigenvalue weighted by atomic mass is 19.1. The van der Waals surface area contributed by atoms with Crippen LogP contribution >= 0.6 is 0 Å². The average molecular weight is 363 g/mol. The van der Waals surface area contributed by atoms with Gasteiger partial charge < -0.3 is 10.2 Å². The van der Waals surface area contributed by atoms with Crippen molar-refractivity contribution in [3.8, 4) is 0 Å². The Hall–Kier alpha value is -3.28. The summed E-state index contributed by atoms with van der Waals surface area (Å²) in [5.74, 6) is -0.294. The van der Waals surface area contributed by atoms with Crippen LogP contribution in [0.25, 0.3) is 10.8 Å². The minimum Gasteiger partial charge on any atom is -0.389 e. The first kappa shape index (κ1) is 17.1. The number of amides is 1. The molecule has 0 fully saturated rings. The molecule has 0 saturated heterocycles. The molecule has 0 bridgehead atoms. The second-order valence-corrected chi connectivity index (χ2v) is 6.38. The summed E-state index contributed by atoms with van der Waals surface area (Å²) in [5, 5.41) is 8.46. The Kier molecular flexibility index (Phi) is 4.78. The van der Waals surface area contributed by atoms with Crippen molar-refractivity contribution in [2.24, 2.45) is 5.16 Å². The molecular weight excluding hydrogens is 345 g/mol. The van der Waals surface area contributed by atoms with E-state index in [-0.39, 0.29) is 12.5 Å². The maximum Gasteiger partial charge on any atom is 0.270 e. The van der Waals surface area contributed by atoms with Crippen molar-refractivity contribution >= 4 is 22.4 Å². The largest absolute Gasteiger partial charge is 0.389 e. The van der Waals surface area contributed by atoms with Gasteiger partial charge in [0.1, 0.15) is 5.69 Å². The molecule has 1 amide bonds.